The Morgan fingerprint density at radius 2 is 1.81 bits per heavy atom. The zero-order valence-corrected chi connectivity index (χ0v) is 16.2. The zero-order chi connectivity index (χ0) is 18.8. The normalized spacial score (nSPS) is 17.0. The molecular weight excluding hydrogens is 338 g/mol. The third-order valence-electron chi connectivity index (χ3n) is 5.41. The molecule has 1 aromatic heterocycles. The number of likely N-dealkylation sites (tertiary alicyclic amines) is 1. The van der Waals surface area contributed by atoms with Gasteiger partial charge in [0.25, 0.3) is 0 Å². The SMILES string of the molecule is CN(C)c1nc(-c2ccccc2)nc2c1CCN(C(=O)CN1CCCC1)C2. The molecule has 0 aliphatic carbocycles. The molecule has 0 atom stereocenters. The summed E-state index contributed by atoms with van der Waals surface area (Å²) in [6.45, 7) is 3.94. The molecule has 27 heavy (non-hydrogen) atoms. The van der Waals surface area contributed by atoms with Crippen LogP contribution in [0.4, 0.5) is 5.82 Å². The monoisotopic (exact) mass is 365 g/mol. The summed E-state index contributed by atoms with van der Waals surface area (Å²) >= 11 is 0. The highest BCUT2D eigenvalue weighted by atomic mass is 16.2. The highest BCUT2D eigenvalue weighted by Gasteiger charge is 2.27. The molecule has 0 unspecified atom stereocenters. The Labute approximate surface area is 160 Å². The van der Waals surface area contributed by atoms with E-state index in [2.05, 4.69) is 9.80 Å². The van der Waals surface area contributed by atoms with Crippen LogP contribution in [-0.2, 0) is 17.8 Å². The zero-order valence-electron chi connectivity index (χ0n) is 16.2. The first kappa shape index (κ1) is 17.9. The molecule has 1 saturated heterocycles. The summed E-state index contributed by atoms with van der Waals surface area (Å²) in [6.07, 6.45) is 3.22. The van der Waals surface area contributed by atoms with Gasteiger partial charge in [0, 0.05) is 31.8 Å². The molecule has 1 fully saturated rings. The van der Waals surface area contributed by atoms with Gasteiger partial charge in [-0.3, -0.25) is 9.69 Å². The van der Waals surface area contributed by atoms with Crippen molar-refractivity contribution in [3.63, 3.8) is 0 Å². The van der Waals surface area contributed by atoms with Crippen molar-refractivity contribution in [2.24, 2.45) is 0 Å². The number of carbonyl (C=O) groups excluding carboxylic acids is 1. The van der Waals surface area contributed by atoms with Crippen molar-refractivity contribution >= 4 is 11.7 Å². The van der Waals surface area contributed by atoms with Crippen molar-refractivity contribution in [1.29, 1.82) is 0 Å². The number of aromatic nitrogens is 2. The summed E-state index contributed by atoms with van der Waals surface area (Å²) in [4.78, 5) is 28.7. The standard InChI is InChI=1S/C21H27N5O/c1-24(2)21-17-10-13-26(19(27)15-25-11-6-7-12-25)14-18(17)22-20(23-21)16-8-4-3-5-9-16/h3-5,8-9H,6-7,10-15H2,1-2H3. The lowest BCUT2D eigenvalue weighted by molar-refractivity contribution is -0.133. The van der Waals surface area contributed by atoms with E-state index in [0.29, 0.717) is 13.1 Å². The van der Waals surface area contributed by atoms with Gasteiger partial charge in [0.15, 0.2) is 5.82 Å². The second kappa shape index (κ2) is 7.64. The Bertz CT molecular complexity index is 815. The van der Waals surface area contributed by atoms with Crippen molar-refractivity contribution in [3.8, 4) is 11.4 Å². The molecular formula is C21H27N5O. The van der Waals surface area contributed by atoms with Gasteiger partial charge in [-0.05, 0) is 32.4 Å². The lowest BCUT2D eigenvalue weighted by Gasteiger charge is -2.31. The summed E-state index contributed by atoms with van der Waals surface area (Å²) in [5, 5.41) is 0. The molecule has 2 aromatic rings. The Hall–Kier alpha value is -2.47. The van der Waals surface area contributed by atoms with Crippen LogP contribution in [-0.4, -0.2) is 65.9 Å². The minimum Gasteiger partial charge on any atom is -0.362 e. The van der Waals surface area contributed by atoms with E-state index in [1.54, 1.807) is 0 Å². The van der Waals surface area contributed by atoms with Gasteiger partial charge in [-0.1, -0.05) is 30.3 Å². The fraction of sp³-hybridized carbons (Fsp3) is 0.476. The molecule has 0 N–H and O–H groups in total. The summed E-state index contributed by atoms with van der Waals surface area (Å²) < 4.78 is 0. The molecule has 0 radical (unpaired) electrons. The maximum absolute atomic E-state index is 12.8. The number of nitrogens with zero attached hydrogens (tertiary/aromatic N) is 5. The third kappa shape index (κ3) is 3.81. The van der Waals surface area contributed by atoms with Crippen LogP contribution in [0.15, 0.2) is 30.3 Å². The molecule has 6 heteroatoms. The van der Waals surface area contributed by atoms with Crippen molar-refractivity contribution in [3.05, 3.63) is 41.6 Å². The van der Waals surface area contributed by atoms with Gasteiger partial charge in [0.05, 0.1) is 18.8 Å². The number of hydrogen-bond donors (Lipinski definition) is 0. The van der Waals surface area contributed by atoms with Gasteiger partial charge in [-0.15, -0.1) is 0 Å². The highest BCUT2D eigenvalue weighted by Crippen LogP contribution is 2.28. The maximum atomic E-state index is 12.8. The van der Waals surface area contributed by atoms with Crippen LogP contribution in [0.5, 0.6) is 0 Å². The minimum atomic E-state index is 0.217. The van der Waals surface area contributed by atoms with Gasteiger partial charge in [-0.25, -0.2) is 9.97 Å². The van der Waals surface area contributed by atoms with E-state index in [9.17, 15) is 4.79 Å². The number of benzene rings is 1. The first-order chi connectivity index (χ1) is 13.1. The molecule has 2 aliphatic heterocycles. The molecule has 1 amide bonds. The molecule has 4 rings (SSSR count). The van der Waals surface area contributed by atoms with Gasteiger partial charge in [0.1, 0.15) is 5.82 Å². The summed E-state index contributed by atoms with van der Waals surface area (Å²) in [7, 11) is 4.03. The Balaban J connectivity index is 1.61. The van der Waals surface area contributed by atoms with Crippen LogP contribution in [0.1, 0.15) is 24.1 Å². The van der Waals surface area contributed by atoms with E-state index < -0.39 is 0 Å². The van der Waals surface area contributed by atoms with E-state index in [4.69, 9.17) is 9.97 Å². The fourth-order valence-electron chi connectivity index (χ4n) is 3.94. The third-order valence-corrected chi connectivity index (χ3v) is 5.41. The Morgan fingerprint density at radius 3 is 2.52 bits per heavy atom. The van der Waals surface area contributed by atoms with Crippen LogP contribution in [0.3, 0.4) is 0 Å². The molecule has 0 bridgehead atoms. The van der Waals surface area contributed by atoms with Crippen LogP contribution in [0.25, 0.3) is 11.4 Å². The van der Waals surface area contributed by atoms with E-state index in [1.807, 2.05) is 49.3 Å². The van der Waals surface area contributed by atoms with E-state index in [1.165, 1.54) is 18.4 Å². The van der Waals surface area contributed by atoms with E-state index in [0.717, 1.165) is 49.0 Å². The van der Waals surface area contributed by atoms with Crippen molar-refractivity contribution in [1.82, 2.24) is 19.8 Å². The molecule has 1 aromatic carbocycles. The average Bonchev–Trinajstić information content (AvgIpc) is 3.20. The summed E-state index contributed by atoms with van der Waals surface area (Å²) in [5.41, 5.74) is 3.15. The molecule has 2 aliphatic rings. The Morgan fingerprint density at radius 1 is 1.07 bits per heavy atom. The first-order valence-corrected chi connectivity index (χ1v) is 9.74. The average molecular weight is 365 g/mol. The predicted octanol–water partition coefficient (Wildman–Crippen LogP) is 2.19. The largest absolute Gasteiger partial charge is 0.362 e. The van der Waals surface area contributed by atoms with Gasteiger partial charge < -0.3 is 9.80 Å². The van der Waals surface area contributed by atoms with Crippen molar-refractivity contribution in [2.45, 2.75) is 25.8 Å². The number of fused-ring (bicyclic) bond motifs is 1. The number of rotatable bonds is 4. The smallest absolute Gasteiger partial charge is 0.237 e. The van der Waals surface area contributed by atoms with Crippen LogP contribution >= 0.6 is 0 Å². The van der Waals surface area contributed by atoms with Crippen LogP contribution in [0.2, 0.25) is 0 Å². The highest BCUT2D eigenvalue weighted by molar-refractivity contribution is 5.78. The fourth-order valence-corrected chi connectivity index (χ4v) is 3.94. The molecule has 0 saturated carbocycles. The minimum absolute atomic E-state index is 0.217. The molecule has 6 nitrogen and oxygen atoms in total. The number of hydrogen-bond acceptors (Lipinski definition) is 5. The number of carbonyl (C=O) groups is 1. The van der Waals surface area contributed by atoms with Crippen molar-refractivity contribution < 1.29 is 4.79 Å². The summed E-state index contributed by atoms with van der Waals surface area (Å²) in [6, 6.07) is 10.0. The quantitative estimate of drug-likeness (QED) is 0.831. The van der Waals surface area contributed by atoms with Crippen LogP contribution < -0.4 is 4.90 Å². The lowest BCUT2D eigenvalue weighted by atomic mass is 10.0. The summed E-state index contributed by atoms with van der Waals surface area (Å²) in [5.74, 6) is 1.91. The molecule has 142 valence electrons. The van der Waals surface area contributed by atoms with E-state index in [-0.39, 0.29) is 5.91 Å². The topological polar surface area (TPSA) is 52.6 Å². The van der Waals surface area contributed by atoms with Gasteiger partial charge in [-0.2, -0.15) is 0 Å². The number of anilines is 1. The first-order valence-electron chi connectivity index (χ1n) is 9.74. The van der Waals surface area contributed by atoms with Gasteiger partial charge >= 0.3 is 0 Å². The van der Waals surface area contributed by atoms with Gasteiger partial charge in [0.2, 0.25) is 5.91 Å². The van der Waals surface area contributed by atoms with E-state index >= 15 is 0 Å². The van der Waals surface area contributed by atoms with Crippen molar-refractivity contribution in [2.75, 3.05) is 45.2 Å². The molecule has 3 heterocycles. The second-order valence-electron chi connectivity index (χ2n) is 7.61. The lowest BCUT2D eigenvalue weighted by Crippen LogP contribution is -2.42. The van der Waals surface area contributed by atoms with Crippen LogP contribution in [0, 0.1) is 0 Å². The molecule has 0 spiro atoms. The predicted molar refractivity (Wildman–Crippen MR) is 107 cm³/mol. The number of amides is 1. The maximum Gasteiger partial charge on any atom is 0.237 e. The second-order valence-corrected chi connectivity index (χ2v) is 7.61. The Kier molecular flexibility index (Phi) is 5.07.